The van der Waals surface area contributed by atoms with Gasteiger partial charge in [0.25, 0.3) is 0 Å². The third kappa shape index (κ3) is 3.99. The van der Waals surface area contributed by atoms with Gasteiger partial charge >= 0.3 is 0 Å². The topological polar surface area (TPSA) is 12.0 Å². The van der Waals surface area contributed by atoms with Crippen LogP contribution in [0.1, 0.15) is 19.4 Å². The first-order valence-corrected chi connectivity index (χ1v) is 5.94. The molecule has 0 aromatic heterocycles. The van der Waals surface area contributed by atoms with E-state index in [9.17, 15) is 0 Å². The van der Waals surface area contributed by atoms with E-state index >= 15 is 0 Å². The van der Waals surface area contributed by atoms with Gasteiger partial charge in [-0.05, 0) is 30.7 Å². The van der Waals surface area contributed by atoms with Crippen LogP contribution in [0, 0.1) is 0 Å². The normalized spacial score (nSPS) is 10.9. The molecule has 0 bridgehead atoms. The van der Waals surface area contributed by atoms with Gasteiger partial charge in [0.05, 0.1) is 0 Å². The molecule has 1 N–H and O–H groups in total. The van der Waals surface area contributed by atoms with Gasteiger partial charge in [-0.25, -0.2) is 0 Å². The van der Waals surface area contributed by atoms with Gasteiger partial charge in [0.1, 0.15) is 0 Å². The Balaban J connectivity index is 2.51. The van der Waals surface area contributed by atoms with E-state index in [1.807, 2.05) is 12.1 Å². The molecule has 0 saturated heterocycles. The molecule has 1 rings (SSSR count). The summed E-state index contributed by atoms with van der Waals surface area (Å²) in [4.78, 5) is 0. The van der Waals surface area contributed by atoms with Crippen molar-refractivity contribution in [3.8, 4) is 0 Å². The van der Waals surface area contributed by atoms with E-state index in [1.165, 1.54) is 5.56 Å². The second-order valence-electron chi connectivity index (χ2n) is 3.59. The van der Waals surface area contributed by atoms with Crippen LogP contribution in [0.2, 0.25) is 5.02 Å². The van der Waals surface area contributed by atoms with Crippen LogP contribution in [0.4, 0.5) is 0 Å². The number of benzene rings is 1. The van der Waals surface area contributed by atoms with E-state index in [-0.39, 0.29) is 0 Å². The van der Waals surface area contributed by atoms with Crippen LogP contribution >= 0.6 is 27.5 Å². The van der Waals surface area contributed by atoms with E-state index in [0.29, 0.717) is 6.04 Å². The Bertz CT molecular complexity index is 299. The Morgan fingerprint density at radius 2 is 2.14 bits per heavy atom. The first kappa shape index (κ1) is 12.0. The Morgan fingerprint density at radius 3 is 2.71 bits per heavy atom. The summed E-state index contributed by atoms with van der Waals surface area (Å²) in [7, 11) is 0. The number of hydrogen-bond acceptors (Lipinski definition) is 1. The predicted octanol–water partition coefficient (Wildman–Crippen LogP) is 3.64. The summed E-state index contributed by atoms with van der Waals surface area (Å²) in [5, 5.41) is 4.20. The lowest BCUT2D eigenvalue weighted by atomic mass is 10.1. The van der Waals surface area contributed by atoms with Crippen molar-refractivity contribution in [2.24, 2.45) is 0 Å². The molecule has 0 aliphatic rings. The molecule has 0 saturated carbocycles. The molecule has 0 unspecified atom stereocenters. The fourth-order valence-electron chi connectivity index (χ4n) is 1.22. The monoisotopic (exact) mass is 275 g/mol. The summed E-state index contributed by atoms with van der Waals surface area (Å²) >= 11 is 9.47. The standard InChI is InChI=1S/C11H15BrClN/c1-8(2)14-6-5-9-3-4-10(12)7-11(9)13/h3-4,7-8,14H,5-6H2,1-2H3. The van der Waals surface area contributed by atoms with Crippen LogP contribution in [0.5, 0.6) is 0 Å². The maximum absolute atomic E-state index is 6.09. The Kier molecular flexibility index (Phi) is 4.93. The summed E-state index contributed by atoms with van der Waals surface area (Å²) < 4.78 is 1.03. The highest BCUT2D eigenvalue weighted by Gasteiger charge is 2.01. The molecule has 0 spiro atoms. The van der Waals surface area contributed by atoms with E-state index in [0.717, 1.165) is 22.5 Å². The molecule has 0 atom stereocenters. The molecule has 1 aromatic rings. The molecule has 0 fully saturated rings. The van der Waals surface area contributed by atoms with Crippen molar-refractivity contribution >= 4 is 27.5 Å². The average molecular weight is 277 g/mol. The minimum atomic E-state index is 0.532. The van der Waals surface area contributed by atoms with Crippen molar-refractivity contribution < 1.29 is 0 Å². The molecule has 0 amide bonds. The van der Waals surface area contributed by atoms with Crippen LogP contribution in [0.25, 0.3) is 0 Å². The zero-order valence-electron chi connectivity index (χ0n) is 8.48. The molecule has 0 aliphatic heterocycles. The molecule has 1 aromatic carbocycles. The zero-order chi connectivity index (χ0) is 10.6. The van der Waals surface area contributed by atoms with Gasteiger partial charge < -0.3 is 5.32 Å². The summed E-state index contributed by atoms with van der Waals surface area (Å²) in [5.41, 5.74) is 1.20. The maximum Gasteiger partial charge on any atom is 0.0449 e. The lowest BCUT2D eigenvalue weighted by Gasteiger charge is -2.09. The first-order valence-electron chi connectivity index (χ1n) is 4.77. The fourth-order valence-corrected chi connectivity index (χ4v) is 1.99. The van der Waals surface area contributed by atoms with Gasteiger partial charge in [0.2, 0.25) is 0 Å². The Hall–Kier alpha value is -0.0500. The number of nitrogens with one attached hydrogen (secondary N) is 1. The molecule has 0 aliphatic carbocycles. The van der Waals surface area contributed by atoms with Crippen LogP contribution in [0.3, 0.4) is 0 Å². The minimum Gasteiger partial charge on any atom is -0.314 e. The molecule has 0 heterocycles. The molecule has 78 valence electrons. The Morgan fingerprint density at radius 1 is 1.43 bits per heavy atom. The van der Waals surface area contributed by atoms with Gasteiger partial charge in [-0.1, -0.05) is 47.4 Å². The van der Waals surface area contributed by atoms with Gasteiger partial charge in [-0.15, -0.1) is 0 Å². The summed E-state index contributed by atoms with van der Waals surface area (Å²) in [6.07, 6.45) is 0.976. The number of halogens is 2. The zero-order valence-corrected chi connectivity index (χ0v) is 10.8. The summed E-state index contributed by atoms with van der Waals surface area (Å²) in [5.74, 6) is 0. The van der Waals surface area contributed by atoms with E-state index in [1.54, 1.807) is 0 Å². The maximum atomic E-state index is 6.09. The van der Waals surface area contributed by atoms with Crippen molar-refractivity contribution in [3.63, 3.8) is 0 Å². The highest BCUT2D eigenvalue weighted by Crippen LogP contribution is 2.21. The van der Waals surface area contributed by atoms with Crippen molar-refractivity contribution in [3.05, 3.63) is 33.3 Å². The number of rotatable bonds is 4. The smallest absolute Gasteiger partial charge is 0.0449 e. The highest BCUT2D eigenvalue weighted by atomic mass is 79.9. The molecule has 3 heteroatoms. The SMILES string of the molecule is CC(C)NCCc1ccc(Br)cc1Cl. The lowest BCUT2D eigenvalue weighted by molar-refractivity contribution is 0.590. The average Bonchev–Trinajstić information content (AvgIpc) is 2.08. The minimum absolute atomic E-state index is 0.532. The second-order valence-corrected chi connectivity index (χ2v) is 4.92. The van der Waals surface area contributed by atoms with Crippen molar-refractivity contribution in [1.82, 2.24) is 5.32 Å². The van der Waals surface area contributed by atoms with Crippen molar-refractivity contribution in [2.45, 2.75) is 26.3 Å². The van der Waals surface area contributed by atoms with E-state index in [2.05, 4.69) is 41.2 Å². The van der Waals surface area contributed by atoms with E-state index < -0.39 is 0 Å². The molecular weight excluding hydrogens is 261 g/mol. The molecule has 1 nitrogen and oxygen atoms in total. The van der Waals surface area contributed by atoms with Crippen LogP contribution < -0.4 is 5.32 Å². The van der Waals surface area contributed by atoms with Crippen LogP contribution in [-0.2, 0) is 6.42 Å². The third-order valence-corrected chi connectivity index (χ3v) is 2.81. The summed E-state index contributed by atoms with van der Waals surface area (Å²) in [6, 6.07) is 6.56. The highest BCUT2D eigenvalue weighted by molar-refractivity contribution is 9.10. The lowest BCUT2D eigenvalue weighted by Crippen LogP contribution is -2.24. The molecular formula is C11H15BrClN. The second kappa shape index (κ2) is 5.74. The quantitative estimate of drug-likeness (QED) is 0.885. The summed E-state index contributed by atoms with van der Waals surface area (Å²) in [6.45, 7) is 5.26. The van der Waals surface area contributed by atoms with Gasteiger partial charge in [0, 0.05) is 15.5 Å². The van der Waals surface area contributed by atoms with Gasteiger partial charge in [-0.2, -0.15) is 0 Å². The van der Waals surface area contributed by atoms with Crippen molar-refractivity contribution in [1.29, 1.82) is 0 Å². The third-order valence-electron chi connectivity index (χ3n) is 1.96. The van der Waals surface area contributed by atoms with E-state index in [4.69, 9.17) is 11.6 Å². The largest absolute Gasteiger partial charge is 0.314 e. The van der Waals surface area contributed by atoms with Gasteiger partial charge in [-0.3, -0.25) is 0 Å². The fraction of sp³-hybridized carbons (Fsp3) is 0.455. The van der Waals surface area contributed by atoms with Crippen molar-refractivity contribution in [2.75, 3.05) is 6.54 Å². The van der Waals surface area contributed by atoms with Crippen LogP contribution in [-0.4, -0.2) is 12.6 Å². The molecule has 14 heavy (non-hydrogen) atoms. The number of hydrogen-bond donors (Lipinski definition) is 1. The van der Waals surface area contributed by atoms with Crippen LogP contribution in [0.15, 0.2) is 22.7 Å². The first-order chi connectivity index (χ1) is 6.59. The van der Waals surface area contributed by atoms with Gasteiger partial charge in [0.15, 0.2) is 0 Å². The molecule has 0 radical (unpaired) electrons. The Labute approximate surface area is 99.0 Å². The predicted molar refractivity (Wildman–Crippen MR) is 66.0 cm³/mol.